The smallest absolute Gasteiger partial charge is 0.337 e. The SMILES string of the molecule is COC(=O)c1ccc(Cl)c(NC(=O)CC2(N)CCC2)c1. The fourth-order valence-electron chi connectivity index (χ4n) is 2.19. The number of hydrogen-bond donors (Lipinski definition) is 2. The average Bonchev–Trinajstić information content (AvgIpc) is 2.38. The highest BCUT2D eigenvalue weighted by Crippen LogP contribution is 2.33. The van der Waals surface area contributed by atoms with E-state index in [0.717, 1.165) is 19.3 Å². The van der Waals surface area contributed by atoms with Crippen LogP contribution in [0.25, 0.3) is 0 Å². The third-order valence-electron chi connectivity index (χ3n) is 3.52. The number of esters is 1. The minimum absolute atomic E-state index is 0.198. The second-order valence-electron chi connectivity index (χ2n) is 5.13. The molecule has 0 radical (unpaired) electrons. The standard InChI is InChI=1S/C14H17ClN2O3/c1-20-13(19)9-3-4-10(15)11(7-9)17-12(18)8-14(16)5-2-6-14/h3-4,7H,2,5-6,8,16H2,1H3,(H,17,18). The van der Waals surface area contributed by atoms with Crippen molar-refractivity contribution in [2.45, 2.75) is 31.2 Å². The van der Waals surface area contributed by atoms with E-state index in [1.807, 2.05) is 0 Å². The van der Waals surface area contributed by atoms with Crippen molar-refractivity contribution in [1.29, 1.82) is 0 Å². The number of nitrogens with one attached hydrogen (secondary N) is 1. The maximum atomic E-state index is 12.0. The van der Waals surface area contributed by atoms with Gasteiger partial charge in [-0.1, -0.05) is 11.6 Å². The maximum Gasteiger partial charge on any atom is 0.337 e. The van der Waals surface area contributed by atoms with Gasteiger partial charge in [0.2, 0.25) is 5.91 Å². The van der Waals surface area contributed by atoms with Gasteiger partial charge in [0.05, 0.1) is 23.4 Å². The largest absolute Gasteiger partial charge is 0.465 e. The predicted octanol–water partition coefficient (Wildman–Crippen LogP) is 2.34. The fourth-order valence-corrected chi connectivity index (χ4v) is 2.35. The first-order valence-electron chi connectivity index (χ1n) is 6.40. The Morgan fingerprint density at radius 2 is 2.15 bits per heavy atom. The minimum Gasteiger partial charge on any atom is -0.465 e. The van der Waals surface area contributed by atoms with Crippen LogP contribution >= 0.6 is 11.6 Å². The Hall–Kier alpha value is -1.59. The Balaban J connectivity index is 2.07. The molecule has 1 aromatic carbocycles. The van der Waals surface area contributed by atoms with Gasteiger partial charge in [0, 0.05) is 12.0 Å². The van der Waals surface area contributed by atoms with Crippen LogP contribution in [0.5, 0.6) is 0 Å². The highest BCUT2D eigenvalue weighted by atomic mass is 35.5. The molecular formula is C14H17ClN2O3. The summed E-state index contributed by atoms with van der Waals surface area (Å²) in [6.45, 7) is 0. The molecule has 6 heteroatoms. The number of halogens is 1. The number of hydrogen-bond acceptors (Lipinski definition) is 4. The number of carbonyl (C=O) groups is 2. The lowest BCUT2D eigenvalue weighted by molar-refractivity contribution is -0.118. The van der Waals surface area contributed by atoms with Crippen LogP contribution in [0.15, 0.2) is 18.2 Å². The van der Waals surface area contributed by atoms with E-state index in [9.17, 15) is 9.59 Å². The Kier molecular flexibility index (Phi) is 4.30. The van der Waals surface area contributed by atoms with Gasteiger partial charge >= 0.3 is 5.97 Å². The maximum absolute atomic E-state index is 12.0. The van der Waals surface area contributed by atoms with Crippen LogP contribution in [0.1, 0.15) is 36.0 Å². The summed E-state index contributed by atoms with van der Waals surface area (Å²) in [6.07, 6.45) is 3.03. The lowest BCUT2D eigenvalue weighted by Gasteiger charge is -2.37. The summed E-state index contributed by atoms with van der Waals surface area (Å²) in [5.74, 6) is -0.678. The van der Waals surface area contributed by atoms with Gasteiger partial charge in [-0.25, -0.2) is 4.79 Å². The molecule has 1 aliphatic rings. The molecule has 0 bridgehead atoms. The normalized spacial score (nSPS) is 16.1. The van der Waals surface area contributed by atoms with Gasteiger partial charge in [-0.15, -0.1) is 0 Å². The van der Waals surface area contributed by atoms with Crippen molar-refractivity contribution in [2.75, 3.05) is 12.4 Å². The number of rotatable bonds is 4. The molecule has 0 spiro atoms. The van der Waals surface area contributed by atoms with E-state index in [1.165, 1.54) is 13.2 Å². The molecule has 1 fully saturated rings. The van der Waals surface area contributed by atoms with Crippen LogP contribution in [-0.2, 0) is 9.53 Å². The predicted molar refractivity (Wildman–Crippen MR) is 76.8 cm³/mol. The van der Waals surface area contributed by atoms with E-state index in [-0.39, 0.29) is 12.3 Å². The van der Waals surface area contributed by atoms with E-state index >= 15 is 0 Å². The van der Waals surface area contributed by atoms with Crippen molar-refractivity contribution in [1.82, 2.24) is 0 Å². The Morgan fingerprint density at radius 1 is 1.45 bits per heavy atom. The lowest BCUT2D eigenvalue weighted by atomic mass is 9.75. The average molecular weight is 297 g/mol. The summed E-state index contributed by atoms with van der Waals surface area (Å²) in [4.78, 5) is 23.4. The van der Waals surface area contributed by atoms with Crippen LogP contribution in [0.2, 0.25) is 5.02 Å². The Labute approximate surface area is 122 Å². The van der Waals surface area contributed by atoms with E-state index in [0.29, 0.717) is 16.3 Å². The van der Waals surface area contributed by atoms with E-state index in [1.54, 1.807) is 12.1 Å². The van der Waals surface area contributed by atoms with Crippen LogP contribution in [0, 0.1) is 0 Å². The van der Waals surface area contributed by atoms with Crippen molar-refractivity contribution in [3.8, 4) is 0 Å². The molecule has 0 aromatic heterocycles. The second-order valence-corrected chi connectivity index (χ2v) is 5.53. The summed E-state index contributed by atoms with van der Waals surface area (Å²) in [5, 5.41) is 3.06. The molecule has 1 aromatic rings. The highest BCUT2D eigenvalue weighted by Gasteiger charge is 2.34. The number of amides is 1. The van der Waals surface area contributed by atoms with Crippen molar-refractivity contribution < 1.29 is 14.3 Å². The molecule has 0 atom stereocenters. The zero-order valence-corrected chi connectivity index (χ0v) is 12.0. The first-order chi connectivity index (χ1) is 9.43. The number of nitrogens with two attached hydrogens (primary N) is 1. The van der Waals surface area contributed by atoms with Crippen molar-refractivity contribution >= 4 is 29.2 Å². The third-order valence-corrected chi connectivity index (χ3v) is 3.85. The molecule has 1 aliphatic carbocycles. The molecule has 5 nitrogen and oxygen atoms in total. The third kappa shape index (κ3) is 3.29. The Bertz CT molecular complexity index is 541. The topological polar surface area (TPSA) is 81.4 Å². The molecule has 0 saturated heterocycles. The zero-order valence-electron chi connectivity index (χ0n) is 11.2. The molecule has 20 heavy (non-hydrogen) atoms. The summed E-state index contributed by atoms with van der Waals surface area (Å²) in [6, 6.07) is 4.58. The van der Waals surface area contributed by atoms with Crippen LogP contribution in [-0.4, -0.2) is 24.5 Å². The number of benzene rings is 1. The number of ether oxygens (including phenoxy) is 1. The van der Waals surface area contributed by atoms with E-state index < -0.39 is 11.5 Å². The van der Waals surface area contributed by atoms with Crippen molar-refractivity contribution in [3.63, 3.8) is 0 Å². The molecule has 108 valence electrons. The molecule has 1 saturated carbocycles. The van der Waals surface area contributed by atoms with Gasteiger partial charge < -0.3 is 15.8 Å². The highest BCUT2D eigenvalue weighted by molar-refractivity contribution is 6.33. The second kappa shape index (κ2) is 5.81. The summed E-state index contributed by atoms with van der Waals surface area (Å²) in [7, 11) is 1.30. The van der Waals surface area contributed by atoms with Gasteiger partial charge in [0.15, 0.2) is 0 Å². The molecule has 0 heterocycles. The first-order valence-corrected chi connectivity index (χ1v) is 6.78. The van der Waals surface area contributed by atoms with Gasteiger partial charge in [0.1, 0.15) is 0 Å². The monoisotopic (exact) mass is 296 g/mol. The number of methoxy groups -OCH3 is 1. The van der Waals surface area contributed by atoms with Gasteiger partial charge in [-0.2, -0.15) is 0 Å². The molecule has 0 aliphatic heterocycles. The minimum atomic E-state index is -0.480. The van der Waals surface area contributed by atoms with Crippen LogP contribution in [0.3, 0.4) is 0 Å². The van der Waals surface area contributed by atoms with E-state index in [4.69, 9.17) is 17.3 Å². The molecule has 1 amide bonds. The summed E-state index contributed by atoms with van der Waals surface area (Å²) < 4.78 is 4.63. The fraction of sp³-hybridized carbons (Fsp3) is 0.429. The zero-order chi connectivity index (χ0) is 14.8. The quantitative estimate of drug-likeness (QED) is 0.836. The van der Waals surface area contributed by atoms with Gasteiger partial charge in [-0.05, 0) is 37.5 Å². The van der Waals surface area contributed by atoms with Gasteiger partial charge in [0.25, 0.3) is 0 Å². The molecule has 3 N–H and O–H groups in total. The molecular weight excluding hydrogens is 280 g/mol. The lowest BCUT2D eigenvalue weighted by Crippen LogP contribution is -2.48. The molecule has 0 unspecified atom stereocenters. The van der Waals surface area contributed by atoms with E-state index in [2.05, 4.69) is 10.1 Å². The van der Waals surface area contributed by atoms with Crippen LogP contribution < -0.4 is 11.1 Å². The van der Waals surface area contributed by atoms with Crippen molar-refractivity contribution in [3.05, 3.63) is 28.8 Å². The van der Waals surface area contributed by atoms with Crippen molar-refractivity contribution in [2.24, 2.45) is 5.73 Å². The number of carbonyl (C=O) groups excluding carboxylic acids is 2. The summed E-state index contributed by atoms with van der Waals surface area (Å²) >= 11 is 6.01. The molecule has 2 rings (SSSR count). The van der Waals surface area contributed by atoms with Crippen LogP contribution in [0.4, 0.5) is 5.69 Å². The first kappa shape index (κ1) is 14.8. The Morgan fingerprint density at radius 3 is 2.70 bits per heavy atom. The number of anilines is 1. The van der Waals surface area contributed by atoms with Gasteiger partial charge in [-0.3, -0.25) is 4.79 Å². The summed E-state index contributed by atoms with van der Waals surface area (Å²) in [5.41, 5.74) is 6.36.